The highest BCUT2D eigenvalue weighted by atomic mass is 35.5. The van der Waals surface area contributed by atoms with Crippen molar-refractivity contribution in [2.45, 2.75) is 6.42 Å². The third-order valence-electron chi connectivity index (χ3n) is 4.08. The van der Waals surface area contributed by atoms with Crippen LogP contribution in [-0.2, 0) is 20.5 Å². The van der Waals surface area contributed by atoms with Crippen molar-refractivity contribution in [2.24, 2.45) is 14.1 Å². The highest BCUT2D eigenvalue weighted by Crippen LogP contribution is 2.35. The first-order chi connectivity index (χ1) is 12.0. The lowest BCUT2D eigenvalue weighted by Gasteiger charge is -2.06. The number of hydrogen-bond donors (Lipinski definition) is 0. The molecule has 0 amide bonds. The normalized spacial score (nSPS) is 11.4. The van der Waals surface area contributed by atoms with E-state index in [4.69, 9.17) is 28.3 Å². The van der Waals surface area contributed by atoms with Crippen molar-refractivity contribution < 1.29 is 0 Å². The van der Waals surface area contributed by atoms with Crippen LogP contribution >= 0.6 is 23.2 Å². The highest BCUT2D eigenvalue weighted by molar-refractivity contribution is 6.36. The minimum absolute atomic E-state index is 0.554. The molecule has 0 aliphatic heterocycles. The molecule has 0 N–H and O–H groups in total. The molecule has 0 atom stereocenters. The molecule has 0 saturated carbocycles. The van der Waals surface area contributed by atoms with E-state index in [0.717, 1.165) is 27.7 Å². The monoisotopic (exact) mass is 372 g/mol. The molecule has 0 bridgehead atoms. The van der Waals surface area contributed by atoms with Crippen molar-refractivity contribution in [1.82, 2.24) is 30.0 Å². The Morgan fingerprint density at radius 2 is 1.84 bits per heavy atom. The van der Waals surface area contributed by atoms with Gasteiger partial charge in [0, 0.05) is 33.6 Å². The van der Waals surface area contributed by atoms with Crippen molar-refractivity contribution in [3.05, 3.63) is 58.0 Å². The average molecular weight is 373 g/mol. The zero-order valence-corrected chi connectivity index (χ0v) is 15.1. The van der Waals surface area contributed by atoms with E-state index >= 15 is 0 Å². The van der Waals surface area contributed by atoms with Gasteiger partial charge in [0.25, 0.3) is 0 Å². The number of aryl methyl sites for hydroxylation is 2. The molecule has 6 nitrogen and oxygen atoms in total. The van der Waals surface area contributed by atoms with Crippen LogP contribution in [0.4, 0.5) is 0 Å². The minimum atomic E-state index is 0.554. The van der Waals surface area contributed by atoms with E-state index < -0.39 is 0 Å². The zero-order chi connectivity index (χ0) is 17.6. The Balaban J connectivity index is 1.87. The summed E-state index contributed by atoms with van der Waals surface area (Å²) in [6.07, 6.45) is 0.554. The fourth-order valence-electron chi connectivity index (χ4n) is 2.95. The smallest absolute Gasteiger partial charge is 0.180 e. The molecule has 4 rings (SSSR count). The van der Waals surface area contributed by atoms with E-state index in [0.29, 0.717) is 22.3 Å². The van der Waals surface area contributed by atoms with Crippen LogP contribution in [0, 0.1) is 0 Å². The second kappa shape index (κ2) is 6.13. The molecule has 0 aliphatic carbocycles. The van der Waals surface area contributed by atoms with Crippen LogP contribution in [0.2, 0.25) is 10.0 Å². The van der Waals surface area contributed by atoms with Crippen LogP contribution < -0.4 is 0 Å². The summed E-state index contributed by atoms with van der Waals surface area (Å²) in [5.74, 6) is 0.655. The lowest BCUT2D eigenvalue weighted by atomic mass is 10.0. The largest absolute Gasteiger partial charge is 0.271 e. The first-order valence-electron chi connectivity index (χ1n) is 7.66. The molecule has 0 radical (unpaired) electrons. The molecule has 0 unspecified atom stereocenters. The summed E-state index contributed by atoms with van der Waals surface area (Å²) >= 11 is 12.4. The predicted molar refractivity (Wildman–Crippen MR) is 97.8 cm³/mol. The zero-order valence-electron chi connectivity index (χ0n) is 13.6. The van der Waals surface area contributed by atoms with E-state index in [1.807, 2.05) is 42.1 Å². The van der Waals surface area contributed by atoms with E-state index in [9.17, 15) is 0 Å². The Morgan fingerprint density at radius 3 is 2.56 bits per heavy atom. The first kappa shape index (κ1) is 16.1. The van der Waals surface area contributed by atoms with Crippen LogP contribution in [-0.4, -0.2) is 30.0 Å². The second-order valence-electron chi connectivity index (χ2n) is 5.77. The first-order valence-corrected chi connectivity index (χ1v) is 8.41. The van der Waals surface area contributed by atoms with Gasteiger partial charge in [0.15, 0.2) is 5.82 Å². The van der Waals surface area contributed by atoms with E-state index in [1.54, 1.807) is 13.1 Å². The molecule has 25 heavy (non-hydrogen) atoms. The molecule has 0 aliphatic rings. The maximum Gasteiger partial charge on any atom is 0.180 e. The number of benzene rings is 2. The number of nitrogens with zero attached hydrogens (tertiary/aromatic N) is 6. The van der Waals surface area contributed by atoms with Gasteiger partial charge in [-0.2, -0.15) is 9.90 Å². The van der Waals surface area contributed by atoms with Crippen molar-refractivity contribution >= 4 is 34.1 Å². The van der Waals surface area contributed by atoms with Crippen molar-refractivity contribution in [3.8, 4) is 11.1 Å². The number of hydrogen-bond acceptors (Lipinski definition) is 4. The molecule has 2 aromatic heterocycles. The molecule has 126 valence electrons. The molecule has 0 fully saturated rings. The summed E-state index contributed by atoms with van der Waals surface area (Å²) in [5.41, 5.74) is 3.77. The Labute approximate surface area is 154 Å². The van der Waals surface area contributed by atoms with Gasteiger partial charge >= 0.3 is 0 Å². The SMILES string of the molecule is Cn1nnc(Cc2c3cccc(-c4ccc(Cl)cc4Cl)c3nn2C)n1. The van der Waals surface area contributed by atoms with Crippen LogP contribution in [0.15, 0.2) is 36.4 Å². The fraction of sp³-hybridized carbons (Fsp3) is 0.176. The van der Waals surface area contributed by atoms with Gasteiger partial charge in [-0.1, -0.05) is 47.5 Å². The lowest BCUT2D eigenvalue weighted by Crippen LogP contribution is -2.01. The Morgan fingerprint density at radius 1 is 1.00 bits per heavy atom. The van der Waals surface area contributed by atoms with E-state index in [1.165, 1.54) is 4.80 Å². The molecule has 0 spiro atoms. The Kier molecular flexibility index (Phi) is 3.94. The topological polar surface area (TPSA) is 61.4 Å². The molecular weight excluding hydrogens is 359 g/mol. The highest BCUT2D eigenvalue weighted by Gasteiger charge is 2.16. The van der Waals surface area contributed by atoms with Crippen molar-refractivity contribution in [2.75, 3.05) is 0 Å². The summed E-state index contributed by atoms with van der Waals surface area (Å²) in [6, 6.07) is 11.5. The lowest BCUT2D eigenvalue weighted by molar-refractivity contribution is 0.627. The van der Waals surface area contributed by atoms with Crippen LogP contribution in [0.1, 0.15) is 11.5 Å². The number of rotatable bonds is 3. The van der Waals surface area contributed by atoms with Crippen molar-refractivity contribution in [1.29, 1.82) is 0 Å². The van der Waals surface area contributed by atoms with Gasteiger partial charge in [0.05, 0.1) is 19.2 Å². The quantitative estimate of drug-likeness (QED) is 0.550. The molecule has 2 heterocycles. The van der Waals surface area contributed by atoms with Gasteiger partial charge in [0.2, 0.25) is 0 Å². The summed E-state index contributed by atoms with van der Waals surface area (Å²) in [7, 11) is 3.66. The third kappa shape index (κ3) is 2.88. The maximum atomic E-state index is 6.39. The van der Waals surface area contributed by atoms with Gasteiger partial charge in [-0.15, -0.1) is 10.2 Å². The summed E-state index contributed by atoms with van der Waals surface area (Å²) < 4.78 is 1.86. The molecule has 8 heteroatoms. The van der Waals surface area contributed by atoms with Crippen LogP contribution in [0.3, 0.4) is 0 Å². The van der Waals surface area contributed by atoms with Gasteiger partial charge in [-0.05, 0) is 17.3 Å². The van der Waals surface area contributed by atoms with E-state index in [2.05, 4.69) is 15.4 Å². The Hall–Kier alpha value is -2.44. The van der Waals surface area contributed by atoms with Gasteiger partial charge < -0.3 is 0 Å². The number of fused-ring (bicyclic) bond motifs is 1. The van der Waals surface area contributed by atoms with E-state index in [-0.39, 0.29) is 0 Å². The molecule has 0 saturated heterocycles. The Bertz CT molecular complexity index is 1080. The maximum absolute atomic E-state index is 6.39. The predicted octanol–water partition coefficient (Wildman–Crippen LogP) is 3.66. The number of aromatic nitrogens is 6. The molecular formula is C17H14Cl2N6. The van der Waals surface area contributed by atoms with Gasteiger partial charge in [0.1, 0.15) is 5.52 Å². The average Bonchev–Trinajstić information content (AvgIpc) is 3.12. The van der Waals surface area contributed by atoms with Gasteiger partial charge in [-0.25, -0.2) is 0 Å². The standard InChI is InChI=1S/C17H14Cl2N6/c1-24-15(9-16-20-23-25(2)21-16)13-5-3-4-12(17(13)22-24)11-7-6-10(18)8-14(11)19/h3-8H,9H2,1-2H3. The summed E-state index contributed by atoms with van der Waals surface area (Å²) in [6.45, 7) is 0. The second-order valence-corrected chi connectivity index (χ2v) is 6.61. The van der Waals surface area contributed by atoms with Gasteiger partial charge in [-0.3, -0.25) is 4.68 Å². The number of halogens is 2. The van der Waals surface area contributed by atoms with Crippen LogP contribution in [0.25, 0.3) is 22.0 Å². The molecule has 4 aromatic rings. The summed E-state index contributed by atoms with van der Waals surface area (Å²) in [5, 5.41) is 19.2. The van der Waals surface area contributed by atoms with Crippen LogP contribution in [0.5, 0.6) is 0 Å². The summed E-state index contributed by atoms with van der Waals surface area (Å²) in [4.78, 5) is 1.45. The molecule has 2 aromatic carbocycles. The minimum Gasteiger partial charge on any atom is -0.271 e. The third-order valence-corrected chi connectivity index (χ3v) is 4.63. The van der Waals surface area contributed by atoms with Crippen molar-refractivity contribution in [3.63, 3.8) is 0 Å². The number of tetrazole rings is 1. The fourth-order valence-corrected chi connectivity index (χ4v) is 3.46.